The zero-order valence-electron chi connectivity index (χ0n) is 17.8. The first kappa shape index (κ1) is 20.2. The number of aromatic nitrogens is 5. The number of nitrogen functional groups attached to an aromatic ring is 1. The fraction of sp³-hybridized carbons (Fsp3) is 0.0870. The number of ether oxygens (including phenoxy) is 1. The number of anilines is 2. The van der Waals surface area contributed by atoms with Crippen LogP contribution in [0.5, 0.6) is 5.88 Å². The summed E-state index contributed by atoms with van der Waals surface area (Å²) in [5.41, 5.74) is 9.57. The second kappa shape index (κ2) is 8.08. The van der Waals surface area contributed by atoms with E-state index in [2.05, 4.69) is 25.5 Å². The Hall–Kier alpha value is -4.73. The molecule has 4 heterocycles. The number of rotatable bonds is 5. The van der Waals surface area contributed by atoms with Gasteiger partial charge in [0.05, 0.1) is 18.5 Å². The first-order valence-corrected chi connectivity index (χ1v) is 10.0. The molecule has 0 bridgehead atoms. The zero-order valence-corrected chi connectivity index (χ0v) is 17.8. The molecule has 0 aliphatic heterocycles. The Morgan fingerprint density at radius 2 is 1.88 bits per heavy atom. The highest BCUT2D eigenvalue weighted by atomic mass is 16.5. The predicted molar refractivity (Wildman–Crippen MR) is 122 cm³/mol. The maximum atomic E-state index is 13.2. The first-order valence-electron chi connectivity index (χ1n) is 10.0. The number of fused-ring (bicyclic) bond motifs is 1. The number of nitrogens with two attached hydrogens (primary N) is 1. The summed E-state index contributed by atoms with van der Waals surface area (Å²) < 4.78 is 12.4. The lowest BCUT2D eigenvalue weighted by Gasteiger charge is -2.12. The molecule has 10 nitrogen and oxygen atoms in total. The van der Waals surface area contributed by atoms with Crippen LogP contribution in [0.15, 0.2) is 65.2 Å². The summed E-state index contributed by atoms with van der Waals surface area (Å²) in [4.78, 5) is 21.9. The lowest BCUT2D eigenvalue weighted by molar-refractivity contribution is 0.102. The lowest BCUT2D eigenvalue weighted by atomic mass is 10.1. The van der Waals surface area contributed by atoms with E-state index in [4.69, 9.17) is 15.0 Å². The molecule has 0 aliphatic carbocycles. The second-order valence-corrected chi connectivity index (χ2v) is 7.19. The van der Waals surface area contributed by atoms with E-state index in [-0.39, 0.29) is 17.7 Å². The van der Waals surface area contributed by atoms with E-state index >= 15 is 0 Å². The number of pyridine rings is 2. The smallest absolute Gasteiger partial charge is 0.261 e. The predicted octanol–water partition coefficient (Wildman–Crippen LogP) is 3.60. The van der Waals surface area contributed by atoms with E-state index in [0.717, 1.165) is 5.56 Å². The van der Waals surface area contributed by atoms with Crippen LogP contribution in [0, 0.1) is 6.92 Å². The van der Waals surface area contributed by atoms with Crippen molar-refractivity contribution in [3.05, 3.63) is 72.0 Å². The van der Waals surface area contributed by atoms with Crippen LogP contribution < -0.4 is 15.8 Å². The van der Waals surface area contributed by atoms with Crippen molar-refractivity contribution in [2.75, 3.05) is 18.2 Å². The van der Waals surface area contributed by atoms with E-state index in [9.17, 15) is 4.79 Å². The summed E-state index contributed by atoms with van der Waals surface area (Å²) in [6, 6.07) is 18.3. The number of nitrogens with zero attached hydrogens (tertiary/aromatic N) is 5. The number of carbonyl (C=O) groups excluding carboxylic acids is 1. The quantitative estimate of drug-likeness (QED) is 0.423. The molecule has 0 saturated carbocycles. The standard InChI is InChI=1S/C23H19N7O3/c1-13-19(20(29-33-13)14-7-4-3-5-8-14)21(31)25-16-12-11-15(26-22(16)32-2)17-9-6-10-18-27-23(24)28-30(17)18/h3-12H,1-2H3,(H2,24,28)(H,25,31). The molecule has 0 fully saturated rings. The molecule has 0 aliphatic rings. The summed E-state index contributed by atoms with van der Waals surface area (Å²) in [5, 5.41) is 11.1. The number of hydrogen-bond acceptors (Lipinski definition) is 8. The van der Waals surface area contributed by atoms with Crippen LogP contribution >= 0.6 is 0 Å². The van der Waals surface area contributed by atoms with Gasteiger partial charge in [0.2, 0.25) is 11.8 Å². The normalized spacial score (nSPS) is 11.0. The number of aryl methyl sites for hydroxylation is 1. The molecule has 1 amide bonds. The molecule has 0 atom stereocenters. The van der Waals surface area contributed by atoms with Gasteiger partial charge in [0, 0.05) is 5.56 Å². The highest BCUT2D eigenvalue weighted by Crippen LogP contribution is 2.30. The minimum absolute atomic E-state index is 0.164. The third-order valence-electron chi connectivity index (χ3n) is 5.08. The van der Waals surface area contributed by atoms with Crippen molar-refractivity contribution in [2.45, 2.75) is 6.92 Å². The number of amides is 1. The summed E-state index contributed by atoms with van der Waals surface area (Å²) in [6.07, 6.45) is 0. The Morgan fingerprint density at radius 3 is 2.67 bits per heavy atom. The van der Waals surface area contributed by atoms with Gasteiger partial charge in [0.15, 0.2) is 5.65 Å². The molecular formula is C23H19N7O3. The van der Waals surface area contributed by atoms with Gasteiger partial charge in [-0.2, -0.15) is 4.98 Å². The van der Waals surface area contributed by atoms with Crippen LogP contribution in [0.1, 0.15) is 16.1 Å². The maximum Gasteiger partial charge on any atom is 0.261 e. The molecule has 10 heteroatoms. The molecule has 0 unspecified atom stereocenters. The summed E-state index contributed by atoms with van der Waals surface area (Å²) in [5.74, 6) is 0.426. The average molecular weight is 441 g/mol. The topological polar surface area (TPSA) is 133 Å². The maximum absolute atomic E-state index is 13.2. The first-order chi connectivity index (χ1) is 16.0. The van der Waals surface area contributed by atoms with Crippen molar-refractivity contribution < 1.29 is 14.1 Å². The van der Waals surface area contributed by atoms with Crippen LogP contribution in [0.25, 0.3) is 28.3 Å². The van der Waals surface area contributed by atoms with E-state index in [1.807, 2.05) is 42.5 Å². The molecule has 5 rings (SSSR count). The van der Waals surface area contributed by atoms with Gasteiger partial charge in [-0.25, -0.2) is 9.50 Å². The molecule has 1 aromatic carbocycles. The van der Waals surface area contributed by atoms with E-state index in [1.54, 1.807) is 29.6 Å². The van der Waals surface area contributed by atoms with Gasteiger partial charge >= 0.3 is 0 Å². The number of methoxy groups -OCH3 is 1. The number of hydrogen-bond donors (Lipinski definition) is 2. The van der Waals surface area contributed by atoms with E-state index in [0.29, 0.717) is 39.7 Å². The fourth-order valence-corrected chi connectivity index (χ4v) is 3.57. The molecule has 0 saturated heterocycles. The lowest BCUT2D eigenvalue weighted by Crippen LogP contribution is -2.14. The molecule has 33 heavy (non-hydrogen) atoms. The van der Waals surface area contributed by atoms with Crippen molar-refractivity contribution in [3.63, 3.8) is 0 Å². The largest absolute Gasteiger partial charge is 0.479 e. The highest BCUT2D eigenvalue weighted by molar-refractivity contribution is 6.09. The molecule has 4 aromatic heterocycles. The van der Waals surface area contributed by atoms with Gasteiger partial charge in [0.25, 0.3) is 5.91 Å². The monoisotopic (exact) mass is 441 g/mol. The number of carbonyl (C=O) groups is 1. The summed E-state index contributed by atoms with van der Waals surface area (Å²) in [6.45, 7) is 1.69. The molecule has 0 radical (unpaired) electrons. The Bertz CT molecular complexity index is 1470. The van der Waals surface area contributed by atoms with Gasteiger partial charge in [-0.15, -0.1) is 5.10 Å². The third-order valence-corrected chi connectivity index (χ3v) is 5.08. The van der Waals surface area contributed by atoms with Crippen molar-refractivity contribution in [1.82, 2.24) is 24.7 Å². The Labute approximate surface area is 188 Å². The van der Waals surface area contributed by atoms with E-state index < -0.39 is 0 Å². The SMILES string of the molecule is COc1nc(-c2cccc3nc(N)nn23)ccc1NC(=O)c1c(-c2ccccc2)noc1C. The van der Waals surface area contributed by atoms with Gasteiger partial charge in [-0.1, -0.05) is 41.6 Å². The molecule has 5 aromatic rings. The Balaban J connectivity index is 1.49. The average Bonchev–Trinajstić information content (AvgIpc) is 3.41. The van der Waals surface area contributed by atoms with Gasteiger partial charge < -0.3 is 20.3 Å². The highest BCUT2D eigenvalue weighted by Gasteiger charge is 2.23. The van der Waals surface area contributed by atoms with Crippen molar-refractivity contribution in [1.29, 1.82) is 0 Å². The number of nitrogens with one attached hydrogen (secondary N) is 1. The zero-order chi connectivity index (χ0) is 22.9. The Morgan fingerprint density at radius 1 is 1.06 bits per heavy atom. The minimum atomic E-state index is -0.383. The Kier molecular flexibility index (Phi) is 4.94. The third kappa shape index (κ3) is 3.63. The van der Waals surface area contributed by atoms with Gasteiger partial charge in [-0.05, 0) is 31.2 Å². The minimum Gasteiger partial charge on any atom is -0.479 e. The van der Waals surface area contributed by atoms with Crippen molar-refractivity contribution in [3.8, 4) is 28.5 Å². The van der Waals surface area contributed by atoms with Crippen molar-refractivity contribution in [2.24, 2.45) is 0 Å². The van der Waals surface area contributed by atoms with Crippen LogP contribution in [0.2, 0.25) is 0 Å². The van der Waals surface area contributed by atoms with Crippen LogP contribution in [0.3, 0.4) is 0 Å². The van der Waals surface area contributed by atoms with Gasteiger partial charge in [-0.3, -0.25) is 4.79 Å². The summed E-state index contributed by atoms with van der Waals surface area (Å²) >= 11 is 0. The molecule has 0 spiro atoms. The van der Waals surface area contributed by atoms with Crippen molar-refractivity contribution >= 4 is 23.2 Å². The molecule has 3 N–H and O–H groups in total. The summed E-state index contributed by atoms with van der Waals surface area (Å²) in [7, 11) is 1.48. The van der Waals surface area contributed by atoms with Crippen LogP contribution in [-0.4, -0.2) is 37.8 Å². The van der Waals surface area contributed by atoms with Crippen LogP contribution in [-0.2, 0) is 0 Å². The second-order valence-electron chi connectivity index (χ2n) is 7.19. The van der Waals surface area contributed by atoms with Crippen LogP contribution in [0.4, 0.5) is 11.6 Å². The fourth-order valence-electron chi connectivity index (χ4n) is 3.57. The van der Waals surface area contributed by atoms with E-state index in [1.165, 1.54) is 7.11 Å². The molecule has 164 valence electrons. The van der Waals surface area contributed by atoms with Gasteiger partial charge in [0.1, 0.15) is 22.7 Å². The molecular weight excluding hydrogens is 422 g/mol. The number of benzene rings is 1.